The lowest BCUT2D eigenvalue weighted by molar-refractivity contribution is -0.134. The van der Waals surface area contributed by atoms with Crippen molar-refractivity contribution in [1.29, 1.82) is 0 Å². The minimum absolute atomic E-state index is 0.120. The van der Waals surface area contributed by atoms with Crippen LogP contribution in [0.5, 0.6) is 0 Å². The van der Waals surface area contributed by atoms with Crippen LogP contribution < -0.4 is 5.32 Å². The smallest absolute Gasteiger partial charge is 0.229 e. The van der Waals surface area contributed by atoms with Gasteiger partial charge in [0.1, 0.15) is 0 Å². The predicted octanol–water partition coefficient (Wildman–Crippen LogP) is 1.33. The molecule has 1 aromatic carbocycles. The third-order valence-electron chi connectivity index (χ3n) is 4.66. The molecular formula is C17H23N5O. The van der Waals surface area contributed by atoms with Crippen LogP contribution in [0.1, 0.15) is 25.2 Å². The van der Waals surface area contributed by atoms with Crippen molar-refractivity contribution in [2.24, 2.45) is 0 Å². The normalized spacial score (nSPS) is 21.4. The van der Waals surface area contributed by atoms with Gasteiger partial charge >= 0.3 is 0 Å². The number of nitrogens with one attached hydrogen (secondary N) is 1. The zero-order chi connectivity index (χ0) is 16.4. The molecule has 1 N–H and O–H groups in total. The lowest BCUT2D eigenvalue weighted by Crippen LogP contribution is -2.57. The molecule has 1 aliphatic heterocycles. The maximum absolute atomic E-state index is 12.6. The Kier molecular flexibility index (Phi) is 4.43. The number of carbonyl (C=O) groups is 1. The fourth-order valence-electron chi connectivity index (χ4n) is 2.99. The zero-order valence-corrected chi connectivity index (χ0v) is 13.9. The van der Waals surface area contributed by atoms with Gasteiger partial charge in [-0.25, -0.2) is 4.68 Å². The molecule has 0 radical (unpaired) electrons. The number of amides is 1. The van der Waals surface area contributed by atoms with Crippen LogP contribution in [0.2, 0.25) is 0 Å². The number of piperazine rings is 1. The molecule has 6 nitrogen and oxygen atoms in total. The highest BCUT2D eigenvalue weighted by atomic mass is 16.2. The summed E-state index contributed by atoms with van der Waals surface area (Å²) in [7, 11) is 0. The second-order valence-electron chi connectivity index (χ2n) is 6.12. The van der Waals surface area contributed by atoms with Crippen molar-refractivity contribution in [2.45, 2.75) is 39.3 Å². The molecule has 1 saturated heterocycles. The van der Waals surface area contributed by atoms with Crippen molar-refractivity contribution in [3.63, 3.8) is 0 Å². The highest BCUT2D eigenvalue weighted by Crippen LogP contribution is 2.15. The van der Waals surface area contributed by atoms with E-state index in [1.807, 2.05) is 42.2 Å². The summed E-state index contributed by atoms with van der Waals surface area (Å²) in [5, 5.41) is 11.8. The Bertz CT molecular complexity index is 682. The van der Waals surface area contributed by atoms with E-state index in [-0.39, 0.29) is 11.9 Å². The number of carbonyl (C=O) groups excluding carboxylic acids is 1. The lowest BCUT2D eigenvalue weighted by Gasteiger charge is -2.38. The van der Waals surface area contributed by atoms with Gasteiger partial charge in [-0.2, -0.15) is 0 Å². The first kappa shape index (κ1) is 15.7. The zero-order valence-electron chi connectivity index (χ0n) is 13.9. The molecule has 0 spiro atoms. The molecule has 122 valence electrons. The van der Waals surface area contributed by atoms with E-state index < -0.39 is 0 Å². The highest BCUT2D eigenvalue weighted by molar-refractivity contribution is 5.79. The van der Waals surface area contributed by atoms with Gasteiger partial charge < -0.3 is 10.2 Å². The quantitative estimate of drug-likeness (QED) is 0.928. The first-order valence-corrected chi connectivity index (χ1v) is 8.07. The first-order valence-electron chi connectivity index (χ1n) is 8.07. The fraction of sp³-hybridized carbons (Fsp3) is 0.471. The van der Waals surface area contributed by atoms with Crippen molar-refractivity contribution in [3.05, 3.63) is 41.7 Å². The van der Waals surface area contributed by atoms with E-state index in [2.05, 4.69) is 29.5 Å². The number of aromatic nitrogens is 3. The van der Waals surface area contributed by atoms with Crippen LogP contribution in [0.4, 0.5) is 0 Å². The van der Waals surface area contributed by atoms with Gasteiger partial charge in [0.05, 0.1) is 23.5 Å². The average molecular weight is 313 g/mol. The predicted molar refractivity (Wildman–Crippen MR) is 88.4 cm³/mol. The Morgan fingerprint density at radius 2 is 2.04 bits per heavy atom. The molecule has 2 aromatic rings. The summed E-state index contributed by atoms with van der Waals surface area (Å²) in [6.45, 7) is 7.74. The van der Waals surface area contributed by atoms with Crippen molar-refractivity contribution in [3.8, 4) is 5.69 Å². The summed E-state index contributed by atoms with van der Waals surface area (Å²) in [6, 6.07) is 10.4. The second kappa shape index (κ2) is 6.50. The molecule has 0 aliphatic carbocycles. The molecule has 0 bridgehead atoms. The first-order chi connectivity index (χ1) is 11.1. The van der Waals surface area contributed by atoms with Crippen LogP contribution in [0.3, 0.4) is 0 Å². The summed E-state index contributed by atoms with van der Waals surface area (Å²) < 4.78 is 1.78. The van der Waals surface area contributed by atoms with Gasteiger partial charge in [0.15, 0.2) is 0 Å². The van der Waals surface area contributed by atoms with Crippen LogP contribution in [0.25, 0.3) is 5.69 Å². The Labute approximate surface area is 136 Å². The van der Waals surface area contributed by atoms with E-state index in [4.69, 9.17) is 0 Å². The minimum atomic E-state index is 0.120. The largest absolute Gasteiger partial charge is 0.337 e. The molecule has 2 heterocycles. The molecule has 1 aliphatic rings. The van der Waals surface area contributed by atoms with Crippen molar-refractivity contribution in [1.82, 2.24) is 25.2 Å². The summed E-state index contributed by atoms with van der Waals surface area (Å²) in [5.41, 5.74) is 2.62. The summed E-state index contributed by atoms with van der Waals surface area (Å²) in [6.07, 6.45) is 0.301. The van der Waals surface area contributed by atoms with E-state index >= 15 is 0 Å². The van der Waals surface area contributed by atoms with Gasteiger partial charge in [-0.1, -0.05) is 23.4 Å². The Morgan fingerprint density at radius 1 is 1.30 bits per heavy atom. The van der Waals surface area contributed by atoms with Gasteiger partial charge in [0, 0.05) is 25.2 Å². The molecule has 1 amide bonds. The number of para-hydroxylation sites is 1. The molecular weight excluding hydrogens is 290 g/mol. The molecule has 23 heavy (non-hydrogen) atoms. The van der Waals surface area contributed by atoms with Gasteiger partial charge in [0.2, 0.25) is 5.91 Å². The molecule has 3 rings (SSSR count). The van der Waals surface area contributed by atoms with E-state index in [1.54, 1.807) is 4.68 Å². The number of hydrogen-bond acceptors (Lipinski definition) is 4. The van der Waals surface area contributed by atoms with Crippen LogP contribution in [0, 0.1) is 6.92 Å². The van der Waals surface area contributed by atoms with Gasteiger partial charge in [0.25, 0.3) is 0 Å². The summed E-state index contributed by atoms with van der Waals surface area (Å²) >= 11 is 0. The highest BCUT2D eigenvalue weighted by Gasteiger charge is 2.28. The number of hydrogen-bond donors (Lipinski definition) is 1. The third-order valence-corrected chi connectivity index (χ3v) is 4.66. The Hall–Kier alpha value is -2.21. The van der Waals surface area contributed by atoms with Gasteiger partial charge in [-0.15, -0.1) is 5.10 Å². The maximum atomic E-state index is 12.6. The van der Waals surface area contributed by atoms with Crippen LogP contribution in [0.15, 0.2) is 30.3 Å². The molecule has 1 fully saturated rings. The van der Waals surface area contributed by atoms with Gasteiger partial charge in [-0.3, -0.25) is 4.79 Å². The molecule has 2 atom stereocenters. The molecule has 6 heteroatoms. The fourth-order valence-corrected chi connectivity index (χ4v) is 2.99. The molecule has 0 saturated carbocycles. The number of nitrogens with zero attached hydrogens (tertiary/aromatic N) is 4. The van der Waals surface area contributed by atoms with Gasteiger partial charge in [-0.05, 0) is 32.9 Å². The van der Waals surface area contributed by atoms with E-state index in [0.717, 1.165) is 30.2 Å². The monoisotopic (exact) mass is 313 g/mol. The van der Waals surface area contributed by atoms with Crippen LogP contribution in [-0.4, -0.2) is 51.0 Å². The SMILES string of the molecule is Cc1c(CC(=O)N2CCNC(C)C2C)nnn1-c1ccccc1. The average Bonchev–Trinajstić information content (AvgIpc) is 2.91. The van der Waals surface area contributed by atoms with Crippen molar-refractivity contribution in [2.75, 3.05) is 13.1 Å². The maximum Gasteiger partial charge on any atom is 0.229 e. The summed E-state index contributed by atoms with van der Waals surface area (Å²) in [5.74, 6) is 0.120. The van der Waals surface area contributed by atoms with Crippen LogP contribution >= 0.6 is 0 Å². The number of benzene rings is 1. The standard InChI is InChI=1S/C17H23N5O/c1-12-13(2)21(10-9-18-12)17(23)11-16-14(3)22(20-19-16)15-7-5-4-6-8-15/h4-8,12-13,18H,9-11H2,1-3H3. The Balaban J connectivity index is 1.76. The van der Waals surface area contributed by atoms with Crippen molar-refractivity contribution < 1.29 is 4.79 Å². The second-order valence-corrected chi connectivity index (χ2v) is 6.12. The third kappa shape index (κ3) is 3.12. The number of rotatable bonds is 3. The molecule has 2 unspecified atom stereocenters. The van der Waals surface area contributed by atoms with Crippen LogP contribution in [-0.2, 0) is 11.2 Å². The lowest BCUT2D eigenvalue weighted by atomic mass is 10.1. The van der Waals surface area contributed by atoms with E-state index in [0.29, 0.717) is 12.5 Å². The topological polar surface area (TPSA) is 63.1 Å². The molecule has 1 aromatic heterocycles. The minimum Gasteiger partial charge on any atom is -0.337 e. The van der Waals surface area contributed by atoms with E-state index in [1.165, 1.54) is 0 Å². The van der Waals surface area contributed by atoms with E-state index in [9.17, 15) is 4.79 Å². The summed E-state index contributed by atoms with van der Waals surface area (Å²) in [4.78, 5) is 14.6. The Morgan fingerprint density at radius 3 is 2.78 bits per heavy atom. The van der Waals surface area contributed by atoms with Crippen molar-refractivity contribution >= 4 is 5.91 Å².